The molecule has 1 amide bonds. The second-order valence-electron chi connectivity index (χ2n) is 8.12. The molecule has 0 saturated carbocycles. The van der Waals surface area contributed by atoms with Gasteiger partial charge in [-0.2, -0.15) is 0 Å². The van der Waals surface area contributed by atoms with E-state index in [0.717, 1.165) is 5.56 Å². The van der Waals surface area contributed by atoms with Gasteiger partial charge in [-0.3, -0.25) is 15.0 Å². The molecule has 1 atom stereocenters. The number of nitrogens with one attached hydrogen (secondary N) is 1. The Bertz CT molecular complexity index is 829. The first-order valence-electron chi connectivity index (χ1n) is 9.12. The molecule has 1 aliphatic heterocycles. The summed E-state index contributed by atoms with van der Waals surface area (Å²) >= 11 is 0. The van der Waals surface area contributed by atoms with Crippen molar-refractivity contribution in [3.05, 3.63) is 65.0 Å². The molecule has 6 nitrogen and oxygen atoms in total. The molecule has 1 unspecified atom stereocenters. The zero-order valence-corrected chi connectivity index (χ0v) is 16.2. The smallest absolute Gasteiger partial charge is 0.276 e. The molecule has 1 aromatic carbocycles. The monoisotopic (exact) mass is 369 g/mol. The highest BCUT2D eigenvalue weighted by atomic mass is 16.5. The molecular formula is C21H27N3O3. The summed E-state index contributed by atoms with van der Waals surface area (Å²) in [5.41, 5.74) is 2.58. The first kappa shape index (κ1) is 19.5. The molecule has 1 aromatic heterocycles. The highest BCUT2D eigenvalue weighted by Gasteiger charge is 2.55. The van der Waals surface area contributed by atoms with E-state index in [2.05, 4.69) is 23.7 Å². The summed E-state index contributed by atoms with van der Waals surface area (Å²) in [6.45, 7) is 7.73. The largest absolute Gasteiger partial charge is 0.380 e. The summed E-state index contributed by atoms with van der Waals surface area (Å²) in [6.07, 6.45) is 2.96. The maximum atomic E-state index is 12.0. The normalized spacial score (nSPS) is 18.6. The van der Waals surface area contributed by atoms with Crippen LogP contribution in [0, 0.1) is 5.41 Å². The molecule has 1 fully saturated rings. The van der Waals surface area contributed by atoms with Gasteiger partial charge < -0.3 is 10.0 Å². The fourth-order valence-electron chi connectivity index (χ4n) is 4.17. The standard InChI is InChI=1S/C21H27N3O3/c1-14(2)15-5-7-17(8-6-15)21(26,20(3)12-24(4)13-20)18-9-16(10-22-11-18)19(25)23-27/h5-11,14,26-27H,12-13H2,1-4H3,(H,23,25). The number of hydrogen-bond acceptors (Lipinski definition) is 5. The molecule has 1 saturated heterocycles. The topological polar surface area (TPSA) is 85.7 Å². The van der Waals surface area contributed by atoms with Crippen LogP contribution in [0.4, 0.5) is 0 Å². The van der Waals surface area contributed by atoms with Crippen LogP contribution in [0.15, 0.2) is 42.7 Å². The number of benzene rings is 1. The number of nitrogens with zero attached hydrogens (tertiary/aromatic N) is 2. The lowest BCUT2D eigenvalue weighted by Gasteiger charge is -2.55. The molecule has 6 heteroatoms. The van der Waals surface area contributed by atoms with Gasteiger partial charge in [0.2, 0.25) is 0 Å². The molecule has 3 N–H and O–H groups in total. The van der Waals surface area contributed by atoms with Crippen molar-refractivity contribution in [3.8, 4) is 0 Å². The van der Waals surface area contributed by atoms with E-state index in [-0.39, 0.29) is 5.56 Å². The van der Waals surface area contributed by atoms with E-state index in [9.17, 15) is 9.90 Å². The van der Waals surface area contributed by atoms with Crippen molar-refractivity contribution in [1.82, 2.24) is 15.4 Å². The van der Waals surface area contributed by atoms with Crippen LogP contribution in [0.1, 0.15) is 53.7 Å². The quantitative estimate of drug-likeness (QED) is 0.557. The van der Waals surface area contributed by atoms with Gasteiger partial charge in [-0.1, -0.05) is 45.0 Å². The van der Waals surface area contributed by atoms with Crippen LogP contribution in [0.25, 0.3) is 0 Å². The summed E-state index contributed by atoms with van der Waals surface area (Å²) in [5.74, 6) is -0.256. The summed E-state index contributed by atoms with van der Waals surface area (Å²) in [6, 6.07) is 9.58. The number of hydroxylamine groups is 1. The highest BCUT2D eigenvalue weighted by molar-refractivity contribution is 5.93. The molecular weight excluding hydrogens is 342 g/mol. The fourth-order valence-corrected chi connectivity index (χ4v) is 4.17. The Morgan fingerprint density at radius 1 is 1.22 bits per heavy atom. The van der Waals surface area contributed by atoms with Crippen molar-refractivity contribution in [2.45, 2.75) is 32.3 Å². The molecule has 0 aliphatic carbocycles. The van der Waals surface area contributed by atoms with Crippen LogP contribution >= 0.6 is 0 Å². The molecule has 144 valence electrons. The van der Waals surface area contributed by atoms with Crippen LogP contribution in [-0.4, -0.2) is 46.2 Å². The van der Waals surface area contributed by atoms with Gasteiger partial charge in [-0.15, -0.1) is 0 Å². The van der Waals surface area contributed by atoms with Crippen molar-refractivity contribution >= 4 is 5.91 Å². The number of rotatable bonds is 5. The first-order chi connectivity index (χ1) is 12.7. The number of aromatic nitrogens is 1. The Labute approximate surface area is 159 Å². The average Bonchev–Trinajstić information content (AvgIpc) is 2.65. The molecule has 1 aliphatic rings. The van der Waals surface area contributed by atoms with Crippen molar-refractivity contribution in [2.24, 2.45) is 5.41 Å². The van der Waals surface area contributed by atoms with Crippen LogP contribution in [0.3, 0.4) is 0 Å². The van der Waals surface area contributed by atoms with Gasteiger partial charge in [-0.25, -0.2) is 5.48 Å². The van der Waals surface area contributed by atoms with E-state index < -0.39 is 16.9 Å². The van der Waals surface area contributed by atoms with Gasteiger partial charge in [0.15, 0.2) is 0 Å². The first-order valence-corrected chi connectivity index (χ1v) is 9.12. The van der Waals surface area contributed by atoms with Crippen LogP contribution < -0.4 is 5.48 Å². The van der Waals surface area contributed by atoms with E-state index in [1.807, 2.05) is 38.2 Å². The molecule has 0 bridgehead atoms. The van der Waals surface area contributed by atoms with Gasteiger partial charge in [0.25, 0.3) is 5.91 Å². The van der Waals surface area contributed by atoms with Gasteiger partial charge in [0.05, 0.1) is 5.56 Å². The zero-order chi connectivity index (χ0) is 19.8. The van der Waals surface area contributed by atoms with Gasteiger partial charge in [0.1, 0.15) is 5.60 Å². The number of pyridine rings is 1. The molecule has 27 heavy (non-hydrogen) atoms. The molecule has 3 rings (SSSR count). The second kappa shape index (κ2) is 7.03. The van der Waals surface area contributed by atoms with E-state index in [4.69, 9.17) is 5.21 Å². The summed E-state index contributed by atoms with van der Waals surface area (Å²) < 4.78 is 0. The molecule has 2 aromatic rings. The number of carbonyl (C=O) groups is 1. The van der Waals surface area contributed by atoms with E-state index in [1.165, 1.54) is 11.8 Å². The van der Waals surface area contributed by atoms with Crippen LogP contribution in [-0.2, 0) is 5.60 Å². The Balaban J connectivity index is 2.13. The molecule has 0 spiro atoms. The third-order valence-electron chi connectivity index (χ3n) is 5.63. The summed E-state index contributed by atoms with van der Waals surface area (Å²) in [5, 5.41) is 20.9. The minimum absolute atomic E-state index is 0.198. The third kappa shape index (κ3) is 3.25. The number of likely N-dealkylation sites (tertiary alicyclic amines) is 1. The van der Waals surface area contributed by atoms with E-state index in [0.29, 0.717) is 24.6 Å². The number of carbonyl (C=O) groups excluding carboxylic acids is 1. The molecule has 0 radical (unpaired) electrons. The van der Waals surface area contributed by atoms with Crippen molar-refractivity contribution in [3.63, 3.8) is 0 Å². The SMILES string of the molecule is CC(C)c1ccc(C(O)(c2cncc(C(=O)NO)c2)C2(C)CN(C)C2)cc1. The Kier molecular flexibility index (Phi) is 5.08. The predicted octanol–water partition coefficient (Wildman–Crippen LogP) is 2.51. The van der Waals surface area contributed by atoms with E-state index in [1.54, 1.807) is 17.7 Å². The maximum Gasteiger partial charge on any atom is 0.276 e. The zero-order valence-electron chi connectivity index (χ0n) is 16.2. The molecule has 2 heterocycles. The summed E-state index contributed by atoms with van der Waals surface area (Å²) in [4.78, 5) is 18.1. The Morgan fingerprint density at radius 2 is 1.85 bits per heavy atom. The minimum Gasteiger partial charge on any atom is -0.380 e. The third-order valence-corrected chi connectivity index (χ3v) is 5.63. The highest BCUT2D eigenvalue weighted by Crippen LogP contribution is 2.50. The van der Waals surface area contributed by atoms with Gasteiger partial charge in [0, 0.05) is 36.5 Å². The van der Waals surface area contributed by atoms with Crippen LogP contribution in [0.5, 0.6) is 0 Å². The lowest BCUT2D eigenvalue weighted by Crippen LogP contribution is -2.63. The van der Waals surface area contributed by atoms with Crippen molar-refractivity contribution in [2.75, 3.05) is 20.1 Å². The predicted molar refractivity (Wildman–Crippen MR) is 103 cm³/mol. The summed E-state index contributed by atoms with van der Waals surface area (Å²) in [7, 11) is 2.01. The van der Waals surface area contributed by atoms with Crippen molar-refractivity contribution < 1.29 is 15.1 Å². The lowest BCUT2D eigenvalue weighted by molar-refractivity contribution is -0.127. The fraction of sp³-hybridized carbons (Fsp3) is 0.429. The average molecular weight is 369 g/mol. The number of aliphatic hydroxyl groups is 1. The number of hydrogen-bond donors (Lipinski definition) is 3. The van der Waals surface area contributed by atoms with Gasteiger partial charge in [-0.05, 0) is 30.2 Å². The maximum absolute atomic E-state index is 12.0. The lowest BCUT2D eigenvalue weighted by atomic mass is 9.62. The minimum atomic E-state index is -1.31. The van der Waals surface area contributed by atoms with Gasteiger partial charge >= 0.3 is 0 Å². The Morgan fingerprint density at radius 3 is 2.37 bits per heavy atom. The van der Waals surface area contributed by atoms with Crippen LogP contribution in [0.2, 0.25) is 0 Å². The second-order valence-corrected chi connectivity index (χ2v) is 8.12. The van der Waals surface area contributed by atoms with Crippen molar-refractivity contribution in [1.29, 1.82) is 0 Å². The van der Waals surface area contributed by atoms with E-state index >= 15 is 0 Å². The number of amides is 1. The Hall–Kier alpha value is -2.28.